The van der Waals surface area contributed by atoms with E-state index in [-0.39, 0.29) is 41.0 Å². The molecule has 17 nitrogen and oxygen atoms in total. The van der Waals surface area contributed by atoms with Gasteiger partial charge in [0.25, 0.3) is 0 Å². The molecule has 6 unspecified atom stereocenters. The van der Waals surface area contributed by atoms with Crippen LogP contribution in [-0.4, -0.2) is 88.9 Å². The zero-order valence-corrected chi connectivity index (χ0v) is 25.6. The number of halogens is 1. The van der Waals surface area contributed by atoms with Gasteiger partial charge in [0.1, 0.15) is 18.2 Å². The van der Waals surface area contributed by atoms with Gasteiger partial charge in [-0.25, -0.2) is 19.3 Å². The molecule has 1 aliphatic heterocycles. The Kier molecular flexibility index (Phi) is 9.72. The summed E-state index contributed by atoms with van der Waals surface area (Å²) in [6.45, 7) is 3.13. The van der Waals surface area contributed by atoms with Gasteiger partial charge in [-0.15, -0.1) is 0 Å². The smallest absolute Gasteiger partial charge is 0.327 e. The van der Waals surface area contributed by atoms with Crippen molar-refractivity contribution in [3.8, 4) is 11.8 Å². The fourth-order valence-corrected chi connectivity index (χ4v) is 7.89. The second-order valence-corrected chi connectivity index (χ2v) is 14.4. The number of esters is 1. The van der Waals surface area contributed by atoms with Crippen molar-refractivity contribution >= 4 is 41.2 Å². The average molecular weight is 649 g/mol. The number of nitrogen functional groups attached to an aromatic ring is 1. The molecule has 3 aromatic heterocycles. The molecule has 0 spiro atoms. The molecule has 6 atom stereocenters. The normalized spacial score (nSPS) is 24.3. The standard InChI is InChI=1S/C23H34FN8O9PS/c1-6-38-18-14-16(28-21(25)30-18)32(9-26-14)20-23(5,24)15(33)13(41-20)7-39-42(37,31-11(4)19(35)40-10(2)3)43-8-12-17(34)29-22(36)27-12/h9-11,13,15,20,33-34H,6-8H2,1-5H3,(H,31,37)(H2,25,28,30)(H2,27,29,36). The number of carbonyl (C=O) groups excluding carboxylic acids is 1. The first kappa shape index (κ1) is 32.7. The highest BCUT2D eigenvalue weighted by Gasteiger charge is 2.56. The Labute approximate surface area is 248 Å². The number of nitrogens with zero attached hydrogens (tertiary/aromatic N) is 4. The Bertz CT molecular complexity index is 1560. The lowest BCUT2D eigenvalue weighted by Gasteiger charge is -2.25. The number of anilines is 1. The number of aliphatic hydroxyl groups excluding tert-OH is 1. The molecular weight excluding hydrogens is 614 g/mol. The lowest BCUT2D eigenvalue weighted by molar-refractivity contribution is -0.149. The topological polar surface area (TPSA) is 242 Å². The number of hydrogen-bond donors (Lipinski definition) is 6. The van der Waals surface area contributed by atoms with Crippen LogP contribution in [0.25, 0.3) is 11.2 Å². The summed E-state index contributed by atoms with van der Waals surface area (Å²) in [5, 5.41) is 23.4. The highest BCUT2D eigenvalue weighted by molar-refractivity contribution is 8.55. The summed E-state index contributed by atoms with van der Waals surface area (Å²) >= 11 is 0.635. The third-order valence-electron chi connectivity index (χ3n) is 6.28. The first-order chi connectivity index (χ1) is 20.1. The van der Waals surface area contributed by atoms with Crippen molar-refractivity contribution in [1.82, 2.24) is 34.6 Å². The van der Waals surface area contributed by atoms with Crippen LogP contribution in [-0.2, 0) is 29.1 Å². The van der Waals surface area contributed by atoms with Gasteiger partial charge in [0.15, 0.2) is 23.1 Å². The van der Waals surface area contributed by atoms with E-state index in [0.29, 0.717) is 11.4 Å². The van der Waals surface area contributed by atoms with E-state index in [9.17, 15) is 24.4 Å². The average Bonchev–Trinajstić information content (AvgIpc) is 3.54. The molecule has 1 aliphatic rings. The molecule has 0 radical (unpaired) electrons. The van der Waals surface area contributed by atoms with E-state index in [1.165, 1.54) is 17.8 Å². The number of nitrogens with one attached hydrogen (secondary N) is 3. The maximum Gasteiger partial charge on any atom is 0.327 e. The quantitative estimate of drug-likeness (QED) is 0.114. The van der Waals surface area contributed by atoms with Crippen LogP contribution in [0.1, 0.15) is 46.5 Å². The number of aliphatic hydroxyl groups is 1. The number of fused-ring (bicyclic) bond motifs is 1. The third-order valence-corrected chi connectivity index (χ3v) is 10.3. The van der Waals surface area contributed by atoms with Gasteiger partial charge < -0.3 is 39.7 Å². The summed E-state index contributed by atoms with van der Waals surface area (Å²) in [7, 11) is 0. The van der Waals surface area contributed by atoms with E-state index in [1.807, 2.05) is 0 Å². The van der Waals surface area contributed by atoms with Crippen LogP contribution in [0.4, 0.5) is 10.3 Å². The molecule has 0 saturated carbocycles. The van der Waals surface area contributed by atoms with E-state index < -0.39 is 67.1 Å². The zero-order chi connectivity index (χ0) is 31.7. The molecule has 0 aliphatic carbocycles. The fourth-order valence-electron chi connectivity index (χ4n) is 4.24. The Morgan fingerprint density at radius 1 is 1.37 bits per heavy atom. The van der Waals surface area contributed by atoms with Gasteiger partial charge in [-0.05, 0) is 46.0 Å². The first-order valence-electron chi connectivity index (χ1n) is 13.2. The monoisotopic (exact) mass is 648 g/mol. The van der Waals surface area contributed by atoms with Crippen LogP contribution in [0.2, 0.25) is 0 Å². The second-order valence-electron chi connectivity index (χ2n) is 10.1. The zero-order valence-electron chi connectivity index (χ0n) is 23.9. The van der Waals surface area contributed by atoms with Crippen molar-refractivity contribution < 1.29 is 42.7 Å². The van der Waals surface area contributed by atoms with Crippen LogP contribution >= 0.6 is 18.1 Å². The van der Waals surface area contributed by atoms with Crippen LogP contribution in [0, 0.1) is 0 Å². The molecule has 1 fully saturated rings. The van der Waals surface area contributed by atoms with Crippen molar-refractivity contribution in [2.24, 2.45) is 0 Å². The number of aromatic hydroxyl groups is 1. The number of rotatable bonds is 13. The fraction of sp³-hybridized carbons (Fsp3) is 0.609. The molecular formula is C23H34FN8O9PS. The Morgan fingerprint density at radius 2 is 2.09 bits per heavy atom. The van der Waals surface area contributed by atoms with E-state index in [2.05, 4.69) is 30.0 Å². The molecule has 43 heavy (non-hydrogen) atoms. The highest BCUT2D eigenvalue weighted by atomic mass is 32.7. The highest BCUT2D eigenvalue weighted by Crippen LogP contribution is 2.58. The van der Waals surface area contributed by atoms with Gasteiger partial charge in [0, 0.05) is 5.75 Å². The molecule has 3 aromatic rings. The molecule has 0 amide bonds. The number of aromatic nitrogens is 6. The molecule has 1 saturated heterocycles. The molecule has 7 N–H and O–H groups in total. The molecule has 0 aromatic carbocycles. The third kappa shape index (κ3) is 7.13. The van der Waals surface area contributed by atoms with Crippen molar-refractivity contribution in [1.29, 1.82) is 0 Å². The van der Waals surface area contributed by atoms with Crippen molar-refractivity contribution in [3.05, 3.63) is 22.5 Å². The van der Waals surface area contributed by atoms with E-state index in [0.717, 1.165) is 6.92 Å². The second kappa shape index (κ2) is 12.8. The van der Waals surface area contributed by atoms with Gasteiger partial charge >= 0.3 is 18.4 Å². The van der Waals surface area contributed by atoms with Gasteiger partial charge in [0.2, 0.25) is 17.7 Å². The minimum Gasteiger partial charge on any atom is -0.493 e. The Morgan fingerprint density at radius 3 is 2.72 bits per heavy atom. The number of carbonyl (C=O) groups is 1. The van der Waals surface area contributed by atoms with E-state index >= 15 is 4.39 Å². The number of nitrogens with two attached hydrogens (primary N) is 1. The summed E-state index contributed by atoms with van der Waals surface area (Å²) in [6.07, 6.45) is -3.79. The molecule has 4 heterocycles. The predicted octanol–water partition coefficient (Wildman–Crippen LogP) is 1.50. The molecule has 4 rings (SSSR count). The minimum absolute atomic E-state index is 0.0197. The largest absolute Gasteiger partial charge is 0.493 e. The number of imidazole rings is 2. The van der Waals surface area contributed by atoms with Crippen LogP contribution in [0.15, 0.2) is 11.1 Å². The maximum atomic E-state index is 16.0. The Hall–Kier alpha value is -3.22. The minimum atomic E-state index is -4.08. The Balaban J connectivity index is 1.56. The van der Waals surface area contributed by atoms with E-state index in [1.54, 1.807) is 20.8 Å². The molecule has 0 bridgehead atoms. The van der Waals surface area contributed by atoms with Gasteiger partial charge in [-0.2, -0.15) is 9.97 Å². The van der Waals surface area contributed by atoms with Gasteiger partial charge in [-0.1, -0.05) is 0 Å². The first-order valence-corrected chi connectivity index (χ1v) is 16.4. The maximum absolute atomic E-state index is 16.0. The summed E-state index contributed by atoms with van der Waals surface area (Å²) < 4.78 is 53.3. The van der Waals surface area contributed by atoms with Gasteiger partial charge in [0.05, 0.1) is 31.3 Å². The SMILES string of the molecule is CCOc1nc(N)nc2c1ncn2C1OC(COP(=O)(NC(C)C(=O)OC(C)C)SCc2[nH]c(=O)[nH]c2O)C(O)C1(C)F. The summed E-state index contributed by atoms with van der Waals surface area (Å²) in [4.78, 5) is 40.8. The van der Waals surface area contributed by atoms with E-state index in [4.69, 9.17) is 24.5 Å². The van der Waals surface area contributed by atoms with Crippen LogP contribution in [0.5, 0.6) is 11.8 Å². The van der Waals surface area contributed by atoms with Crippen LogP contribution < -0.4 is 21.2 Å². The molecule has 238 valence electrons. The number of ether oxygens (including phenoxy) is 3. The number of alkyl halides is 1. The number of aromatic amines is 2. The summed E-state index contributed by atoms with van der Waals surface area (Å²) in [5.41, 5.74) is 3.02. The van der Waals surface area contributed by atoms with Crippen molar-refractivity contribution in [2.45, 2.75) is 76.6 Å². The molecule has 20 heteroatoms. The van der Waals surface area contributed by atoms with Crippen LogP contribution in [0.3, 0.4) is 0 Å². The summed E-state index contributed by atoms with van der Waals surface area (Å²) in [6, 6.07) is -1.12. The van der Waals surface area contributed by atoms with Crippen molar-refractivity contribution in [3.63, 3.8) is 0 Å². The predicted molar refractivity (Wildman–Crippen MR) is 152 cm³/mol. The lowest BCUT2D eigenvalue weighted by atomic mass is 9.98. The number of hydrogen-bond acceptors (Lipinski definition) is 14. The van der Waals surface area contributed by atoms with Gasteiger partial charge in [-0.3, -0.25) is 18.9 Å². The van der Waals surface area contributed by atoms with Crippen molar-refractivity contribution in [2.75, 3.05) is 18.9 Å². The number of H-pyrrole nitrogens is 2. The lowest BCUT2D eigenvalue weighted by Crippen LogP contribution is -2.41. The summed E-state index contributed by atoms with van der Waals surface area (Å²) in [5.74, 6) is -1.47.